The van der Waals surface area contributed by atoms with Crippen molar-refractivity contribution in [2.75, 3.05) is 27.2 Å². The number of unbranched alkanes of at least 4 members (excludes halogenated alkanes) is 8. The molecule has 0 heterocycles. The molecule has 0 spiro atoms. The number of amides is 1. The van der Waals surface area contributed by atoms with E-state index in [2.05, 4.69) is 6.92 Å². The lowest BCUT2D eigenvalue weighted by molar-refractivity contribution is -0.814. The first-order valence-electron chi connectivity index (χ1n) is 8.76. The number of hydrogen-bond donors (Lipinski definition) is 1. The van der Waals surface area contributed by atoms with Crippen LogP contribution in [0.1, 0.15) is 77.6 Å². The summed E-state index contributed by atoms with van der Waals surface area (Å²) in [6, 6.07) is 0. The Morgan fingerprint density at radius 2 is 1.43 bits per heavy atom. The molecule has 0 atom stereocenters. The van der Waals surface area contributed by atoms with Gasteiger partial charge < -0.3 is 10.7 Å². The summed E-state index contributed by atoms with van der Waals surface area (Å²) in [5, 5.41) is 10.2. The van der Waals surface area contributed by atoms with Crippen LogP contribution in [0.5, 0.6) is 0 Å². The molecule has 0 fully saturated rings. The van der Waals surface area contributed by atoms with Gasteiger partial charge in [0.25, 0.3) is 0 Å². The van der Waals surface area contributed by atoms with Crippen molar-refractivity contribution in [1.82, 2.24) is 5.48 Å². The normalized spacial score (nSPS) is 11.8. The van der Waals surface area contributed by atoms with Crippen LogP contribution in [0.15, 0.2) is 0 Å². The zero-order valence-electron chi connectivity index (χ0n) is 14.5. The predicted octanol–water partition coefficient (Wildman–Crippen LogP) is 3.99. The van der Waals surface area contributed by atoms with Crippen LogP contribution < -0.4 is 5.48 Å². The molecule has 0 saturated carbocycles. The second kappa shape index (κ2) is 13.2. The van der Waals surface area contributed by atoms with E-state index in [0.717, 1.165) is 19.4 Å². The Morgan fingerprint density at radius 3 is 1.95 bits per heavy atom. The third kappa shape index (κ3) is 11.8. The van der Waals surface area contributed by atoms with E-state index in [1.165, 1.54) is 51.4 Å². The Balaban J connectivity index is 3.51. The maximum absolute atomic E-state index is 12.1. The minimum atomic E-state index is 0.295. The van der Waals surface area contributed by atoms with E-state index in [1.807, 2.05) is 19.6 Å². The molecule has 0 radical (unpaired) electrons. The fourth-order valence-electron chi connectivity index (χ4n) is 2.56. The number of hydrogen-bond acceptors (Lipinski definition) is 3. The Bertz CT molecular complexity index is 255. The lowest BCUT2D eigenvalue weighted by atomic mass is 10.1. The van der Waals surface area contributed by atoms with Gasteiger partial charge in [-0.2, -0.15) is 0 Å². The molecule has 0 aromatic rings. The molecule has 0 aromatic carbocycles. The van der Waals surface area contributed by atoms with Crippen LogP contribution in [0.4, 0.5) is 0 Å². The molecule has 0 bridgehead atoms. The number of quaternary nitrogens is 1. The number of rotatable bonds is 14. The van der Waals surface area contributed by atoms with Crippen molar-refractivity contribution in [3.8, 4) is 0 Å². The molecule has 4 nitrogen and oxygen atoms in total. The third-order valence-electron chi connectivity index (χ3n) is 4.17. The molecule has 0 aliphatic rings. The van der Waals surface area contributed by atoms with Crippen molar-refractivity contribution in [2.24, 2.45) is 0 Å². The molecule has 1 amide bonds. The Hall–Kier alpha value is -0.450. The van der Waals surface area contributed by atoms with Crippen LogP contribution in [0, 0.1) is 5.21 Å². The highest BCUT2D eigenvalue weighted by Gasteiger charge is 2.24. The van der Waals surface area contributed by atoms with Crippen molar-refractivity contribution in [1.29, 1.82) is 0 Å². The summed E-state index contributed by atoms with van der Waals surface area (Å²) in [5.74, 6) is 0.295. The first kappa shape index (κ1) is 20.6. The highest BCUT2D eigenvalue weighted by molar-refractivity contribution is 5.68. The van der Waals surface area contributed by atoms with E-state index >= 15 is 0 Å². The summed E-state index contributed by atoms with van der Waals surface area (Å²) in [6.07, 6.45) is 12.9. The summed E-state index contributed by atoms with van der Waals surface area (Å²) < 4.78 is 0.401. The minimum Gasteiger partial charge on any atom is -0.788 e. The zero-order chi connectivity index (χ0) is 16.0. The number of hydroxylamine groups is 1. The van der Waals surface area contributed by atoms with Crippen molar-refractivity contribution < 1.29 is 9.28 Å². The largest absolute Gasteiger partial charge is 0.788 e. The third-order valence-corrected chi connectivity index (χ3v) is 4.17. The first-order chi connectivity index (χ1) is 10.0. The van der Waals surface area contributed by atoms with Gasteiger partial charge in [0.15, 0.2) is 0 Å². The molecule has 0 saturated heterocycles. The van der Waals surface area contributed by atoms with E-state index < -0.39 is 0 Å². The topological polar surface area (TPSA) is 52.2 Å². The zero-order valence-corrected chi connectivity index (χ0v) is 14.5. The maximum Gasteiger partial charge on any atom is 0.313 e. The molecule has 1 N–H and O–H groups in total. The second-order valence-corrected chi connectivity index (χ2v) is 6.63. The Morgan fingerprint density at radius 1 is 0.905 bits per heavy atom. The SMILES string of the molecule is CCCCCCCCCCCC(=O)[N+](C)(C)CCCN[O-]. The molecule has 0 unspecified atom stereocenters. The van der Waals surface area contributed by atoms with Crippen LogP contribution in [-0.4, -0.2) is 37.6 Å². The van der Waals surface area contributed by atoms with Gasteiger partial charge in [0.1, 0.15) is 0 Å². The maximum atomic E-state index is 12.1. The molecular weight excluding hydrogens is 264 g/mol. The summed E-state index contributed by atoms with van der Waals surface area (Å²) in [4.78, 5) is 12.1. The minimum absolute atomic E-state index is 0.295. The number of nitrogens with zero attached hydrogens (tertiary/aromatic N) is 1. The fraction of sp³-hybridized carbons (Fsp3) is 0.941. The Labute approximate surface area is 131 Å². The van der Waals surface area contributed by atoms with Crippen LogP contribution >= 0.6 is 0 Å². The van der Waals surface area contributed by atoms with E-state index in [0.29, 0.717) is 23.4 Å². The lowest BCUT2D eigenvalue weighted by Crippen LogP contribution is -2.46. The van der Waals surface area contributed by atoms with E-state index in [1.54, 1.807) is 0 Å². The summed E-state index contributed by atoms with van der Waals surface area (Å²) in [7, 11) is 3.89. The number of carbonyl (C=O) groups is 1. The van der Waals surface area contributed by atoms with Gasteiger partial charge >= 0.3 is 5.91 Å². The molecule has 0 rings (SSSR count). The van der Waals surface area contributed by atoms with E-state index in [4.69, 9.17) is 0 Å². The van der Waals surface area contributed by atoms with Gasteiger partial charge in [0.2, 0.25) is 0 Å². The van der Waals surface area contributed by atoms with E-state index in [9.17, 15) is 10.0 Å². The first-order valence-corrected chi connectivity index (χ1v) is 8.76. The van der Waals surface area contributed by atoms with Gasteiger partial charge in [-0.15, -0.1) is 0 Å². The molecule has 21 heavy (non-hydrogen) atoms. The molecule has 0 aliphatic heterocycles. The molecule has 0 aromatic heterocycles. The summed E-state index contributed by atoms with van der Waals surface area (Å²) >= 11 is 0. The van der Waals surface area contributed by atoms with E-state index in [-0.39, 0.29) is 0 Å². The lowest BCUT2D eigenvalue weighted by Gasteiger charge is -2.27. The van der Waals surface area contributed by atoms with Gasteiger partial charge in [-0.3, -0.25) is 4.48 Å². The quantitative estimate of drug-likeness (QED) is 0.300. The number of carbonyl (C=O) groups excluding carboxylic acids is 1. The smallest absolute Gasteiger partial charge is 0.313 e. The van der Waals surface area contributed by atoms with Crippen molar-refractivity contribution >= 4 is 5.91 Å². The fourth-order valence-corrected chi connectivity index (χ4v) is 2.56. The molecule has 4 heteroatoms. The van der Waals surface area contributed by atoms with Crippen molar-refractivity contribution in [3.63, 3.8) is 0 Å². The standard InChI is InChI=1S/C17H36N2O2/c1-4-5-6-7-8-9-10-11-12-14-17(20)19(2,3)16-13-15-18-21/h18H,4-16H2,1-3H3. The summed E-state index contributed by atoms with van der Waals surface area (Å²) in [6.45, 7) is 3.42. The summed E-state index contributed by atoms with van der Waals surface area (Å²) in [5.41, 5.74) is 1.89. The average Bonchev–Trinajstić information content (AvgIpc) is 2.45. The predicted molar refractivity (Wildman–Crippen MR) is 89.8 cm³/mol. The van der Waals surface area contributed by atoms with Crippen LogP contribution in [0.3, 0.4) is 0 Å². The van der Waals surface area contributed by atoms with Crippen LogP contribution in [-0.2, 0) is 4.79 Å². The van der Waals surface area contributed by atoms with Gasteiger partial charge in [0.05, 0.1) is 27.1 Å². The molecule has 0 aliphatic carbocycles. The van der Waals surface area contributed by atoms with Crippen molar-refractivity contribution in [2.45, 2.75) is 77.6 Å². The monoisotopic (exact) mass is 300 g/mol. The van der Waals surface area contributed by atoms with Crippen LogP contribution in [0.2, 0.25) is 0 Å². The highest BCUT2D eigenvalue weighted by Crippen LogP contribution is 2.12. The number of nitrogens with one attached hydrogen (secondary N) is 1. The Kier molecular flexibility index (Phi) is 12.9. The van der Waals surface area contributed by atoms with Gasteiger partial charge in [-0.05, 0) is 13.0 Å². The van der Waals surface area contributed by atoms with Gasteiger partial charge in [-0.1, -0.05) is 58.3 Å². The van der Waals surface area contributed by atoms with Crippen molar-refractivity contribution in [3.05, 3.63) is 5.21 Å². The van der Waals surface area contributed by atoms with Crippen LogP contribution in [0.25, 0.3) is 0 Å². The molecule has 126 valence electrons. The molecular formula is C17H36N2O2. The average molecular weight is 300 g/mol. The second-order valence-electron chi connectivity index (χ2n) is 6.63. The van der Waals surface area contributed by atoms with Gasteiger partial charge in [-0.25, -0.2) is 4.79 Å². The highest BCUT2D eigenvalue weighted by atomic mass is 16.5. The van der Waals surface area contributed by atoms with Gasteiger partial charge in [0, 0.05) is 6.42 Å².